The van der Waals surface area contributed by atoms with E-state index in [1.807, 2.05) is 12.1 Å². The molecule has 3 heterocycles. The molecule has 0 bridgehead atoms. The Bertz CT molecular complexity index is 739. The number of morpholine rings is 1. The Labute approximate surface area is 142 Å². The Morgan fingerprint density at radius 2 is 2.00 bits per heavy atom. The van der Waals surface area contributed by atoms with E-state index in [2.05, 4.69) is 20.2 Å². The molecule has 9 heteroatoms. The SMILES string of the molecule is O=C(NCc1cccc(N2CCOCC2)n1)c1ccc(C(F)(F)F)[nH]1. The van der Waals surface area contributed by atoms with Crippen LogP contribution in [0.15, 0.2) is 30.3 Å². The number of hydrogen-bond donors (Lipinski definition) is 2. The van der Waals surface area contributed by atoms with Crippen LogP contribution in [-0.2, 0) is 17.5 Å². The third-order valence-corrected chi connectivity index (χ3v) is 3.79. The Kier molecular flexibility index (Phi) is 4.93. The fourth-order valence-corrected chi connectivity index (χ4v) is 2.49. The highest BCUT2D eigenvalue weighted by Crippen LogP contribution is 2.28. The van der Waals surface area contributed by atoms with Gasteiger partial charge in [0.25, 0.3) is 5.91 Å². The molecule has 2 aromatic rings. The molecular formula is C16H17F3N4O2. The smallest absolute Gasteiger partial charge is 0.378 e. The lowest BCUT2D eigenvalue weighted by atomic mass is 10.3. The molecule has 1 aliphatic heterocycles. The highest BCUT2D eigenvalue weighted by molar-refractivity contribution is 5.92. The number of carbonyl (C=O) groups excluding carboxylic acids is 1. The van der Waals surface area contributed by atoms with Gasteiger partial charge in [0, 0.05) is 13.1 Å². The Morgan fingerprint density at radius 3 is 2.68 bits per heavy atom. The molecule has 0 radical (unpaired) electrons. The van der Waals surface area contributed by atoms with Crippen LogP contribution in [0.4, 0.5) is 19.0 Å². The van der Waals surface area contributed by atoms with Crippen molar-refractivity contribution in [3.8, 4) is 0 Å². The third-order valence-electron chi connectivity index (χ3n) is 3.79. The number of halogens is 3. The summed E-state index contributed by atoms with van der Waals surface area (Å²) in [4.78, 5) is 20.6. The number of alkyl halides is 3. The van der Waals surface area contributed by atoms with Gasteiger partial charge in [-0.25, -0.2) is 4.98 Å². The van der Waals surface area contributed by atoms with E-state index in [9.17, 15) is 18.0 Å². The zero-order chi connectivity index (χ0) is 17.9. The summed E-state index contributed by atoms with van der Waals surface area (Å²) in [7, 11) is 0. The van der Waals surface area contributed by atoms with Crippen molar-refractivity contribution in [2.24, 2.45) is 0 Å². The summed E-state index contributed by atoms with van der Waals surface area (Å²) in [5.74, 6) is 0.170. The number of aromatic nitrogens is 2. The number of pyridine rings is 1. The van der Waals surface area contributed by atoms with Crippen LogP contribution in [0.1, 0.15) is 21.9 Å². The summed E-state index contributed by atoms with van der Waals surface area (Å²) in [6, 6.07) is 7.40. The molecule has 0 unspecified atom stereocenters. The molecule has 0 saturated carbocycles. The molecule has 2 aromatic heterocycles. The number of ether oxygens (including phenoxy) is 1. The largest absolute Gasteiger partial charge is 0.431 e. The van der Waals surface area contributed by atoms with E-state index in [0.29, 0.717) is 18.9 Å². The molecule has 25 heavy (non-hydrogen) atoms. The van der Waals surface area contributed by atoms with Gasteiger partial charge in [0.15, 0.2) is 0 Å². The van der Waals surface area contributed by atoms with Crippen LogP contribution < -0.4 is 10.2 Å². The molecule has 0 atom stereocenters. The van der Waals surface area contributed by atoms with E-state index >= 15 is 0 Å². The minimum atomic E-state index is -4.51. The van der Waals surface area contributed by atoms with E-state index in [1.165, 1.54) is 0 Å². The summed E-state index contributed by atoms with van der Waals surface area (Å²) in [5.41, 5.74) is -0.471. The third kappa shape index (κ3) is 4.30. The van der Waals surface area contributed by atoms with E-state index in [0.717, 1.165) is 31.0 Å². The molecule has 3 rings (SSSR count). The minimum absolute atomic E-state index is 0.122. The quantitative estimate of drug-likeness (QED) is 0.883. The lowest BCUT2D eigenvalue weighted by molar-refractivity contribution is -0.140. The van der Waals surface area contributed by atoms with Crippen LogP contribution in [-0.4, -0.2) is 42.2 Å². The van der Waals surface area contributed by atoms with E-state index in [4.69, 9.17) is 4.74 Å². The lowest BCUT2D eigenvalue weighted by Crippen LogP contribution is -2.37. The number of H-pyrrole nitrogens is 1. The first-order valence-corrected chi connectivity index (χ1v) is 7.76. The van der Waals surface area contributed by atoms with Crippen molar-refractivity contribution in [2.45, 2.75) is 12.7 Å². The van der Waals surface area contributed by atoms with E-state index in [-0.39, 0.29) is 12.2 Å². The summed E-state index contributed by atoms with van der Waals surface area (Å²) in [6.07, 6.45) is -4.51. The van der Waals surface area contributed by atoms with Gasteiger partial charge < -0.3 is 19.9 Å². The molecule has 0 aromatic carbocycles. The Hall–Kier alpha value is -2.55. The van der Waals surface area contributed by atoms with Crippen molar-refractivity contribution in [1.82, 2.24) is 15.3 Å². The van der Waals surface area contributed by atoms with Crippen molar-refractivity contribution < 1.29 is 22.7 Å². The number of carbonyl (C=O) groups is 1. The number of aromatic amines is 1. The predicted molar refractivity (Wildman–Crippen MR) is 84.2 cm³/mol. The van der Waals surface area contributed by atoms with Crippen LogP contribution in [0.5, 0.6) is 0 Å². The Morgan fingerprint density at radius 1 is 1.24 bits per heavy atom. The molecule has 1 amide bonds. The van der Waals surface area contributed by atoms with Gasteiger partial charge in [0.05, 0.1) is 25.5 Å². The summed E-state index contributed by atoms with van der Waals surface area (Å²) in [5, 5.41) is 2.57. The van der Waals surface area contributed by atoms with Gasteiger partial charge in [-0.05, 0) is 24.3 Å². The minimum Gasteiger partial charge on any atom is -0.378 e. The monoisotopic (exact) mass is 354 g/mol. The highest BCUT2D eigenvalue weighted by Gasteiger charge is 2.32. The molecule has 1 fully saturated rings. The molecule has 6 nitrogen and oxygen atoms in total. The number of rotatable bonds is 4. The first kappa shape index (κ1) is 17.3. The maximum Gasteiger partial charge on any atom is 0.431 e. The number of nitrogens with zero attached hydrogens (tertiary/aromatic N) is 2. The number of amides is 1. The molecule has 1 saturated heterocycles. The number of anilines is 1. The van der Waals surface area contributed by atoms with Gasteiger partial charge >= 0.3 is 6.18 Å². The molecular weight excluding hydrogens is 337 g/mol. The summed E-state index contributed by atoms with van der Waals surface area (Å²) >= 11 is 0. The predicted octanol–water partition coefficient (Wildman–Crippen LogP) is 2.20. The maximum atomic E-state index is 12.6. The van der Waals surface area contributed by atoms with Crippen molar-refractivity contribution in [2.75, 3.05) is 31.2 Å². The van der Waals surface area contributed by atoms with Gasteiger partial charge in [-0.1, -0.05) is 6.07 Å². The average Bonchev–Trinajstić information content (AvgIpc) is 3.11. The van der Waals surface area contributed by atoms with Gasteiger partial charge in [-0.3, -0.25) is 4.79 Å². The van der Waals surface area contributed by atoms with Crippen LogP contribution in [0.2, 0.25) is 0 Å². The van der Waals surface area contributed by atoms with Crippen molar-refractivity contribution in [3.63, 3.8) is 0 Å². The number of nitrogens with one attached hydrogen (secondary N) is 2. The molecule has 1 aliphatic rings. The number of hydrogen-bond acceptors (Lipinski definition) is 4. The van der Waals surface area contributed by atoms with Crippen molar-refractivity contribution >= 4 is 11.7 Å². The van der Waals surface area contributed by atoms with Crippen LogP contribution in [0.25, 0.3) is 0 Å². The second-order valence-corrected chi connectivity index (χ2v) is 5.55. The fourth-order valence-electron chi connectivity index (χ4n) is 2.49. The van der Waals surface area contributed by atoms with Crippen molar-refractivity contribution in [1.29, 1.82) is 0 Å². The topological polar surface area (TPSA) is 70.2 Å². The lowest BCUT2D eigenvalue weighted by Gasteiger charge is -2.28. The van der Waals surface area contributed by atoms with E-state index in [1.54, 1.807) is 6.07 Å². The van der Waals surface area contributed by atoms with Gasteiger partial charge in [0.1, 0.15) is 17.2 Å². The van der Waals surface area contributed by atoms with Crippen LogP contribution in [0, 0.1) is 0 Å². The normalized spacial score (nSPS) is 15.2. The highest BCUT2D eigenvalue weighted by atomic mass is 19.4. The zero-order valence-corrected chi connectivity index (χ0v) is 13.3. The molecule has 0 aliphatic carbocycles. The van der Waals surface area contributed by atoms with Crippen molar-refractivity contribution in [3.05, 3.63) is 47.4 Å². The second kappa shape index (κ2) is 7.14. The van der Waals surface area contributed by atoms with Crippen LogP contribution in [0.3, 0.4) is 0 Å². The standard InChI is InChI=1S/C16H17F3N4O2/c17-16(18,19)13-5-4-12(22-13)15(24)20-10-11-2-1-3-14(21-11)23-6-8-25-9-7-23/h1-5,22H,6-10H2,(H,20,24). The fraction of sp³-hybridized carbons (Fsp3) is 0.375. The van der Waals surface area contributed by atoms with Gasteiger partial charge in [-0.2, -0.15) is 13.2 Å². The summed E-state index contributed by atoms with van der Waals surface area (Å²) < 4.78 is 42.9. The Balaban J connectivity index is 1.61. The second-order valence-electron chi connectivity index (χ2n) is 5.55. The molecule has 134 valence electrons. The van der Waals surface area contributed by atoms with Gasteiger partial charge in [0.2, 0.25) is 0 Å². The zero-order valence-electron chi connectivity index (χ0n) is 13.3. The average molecular weight is 354 g/mol. The maximum absolute atomic E-state index is 12.6. The van der Waals surface area contributed by atoms with Gasteiger partial charge in [-0.15, -0.1) is 0 Å². The van der Waals surface area contributed by atoms with Crippen LogP contribution >= 0.6 is 0 Å². The summed E-state index contributed by atoms with van der Waals surface area (Å²) in [6.45, 7) is 2.88. The molecule has 0 spiro atoms. The molecule has 2 N–H and O–H groups in total. The first-order valence-electron chi connectivity index (χ1n) is 7.76. The first-order chi connectivity index (χ1) is 11.9. The van der Waals surface area contributed by atoms with E-state index < -0.39 is 17.8 Å².